The second-order valence-electron chi connectivity index (χ2n) is 10.3. The molecule has 192 valence electrons. The van der Waals surface area contributed by atoms with Crippen LogP contribution in [0, 0.1) is 17.8 Å². The summed E-state index contributed by atoms with van der Waals surface area (Å²) in [5, 5.41) is 2.51. The largest absolute Gasteiger partial charge is 0.461 e. The number of halogens is 3. The number of carbonyl (C=O) groups excluding carboxylic acids is 2. The Morgan fingerprint density at radius 2 is 1.76 bits per heavy atom. The second-order valence-corrected chi connectivity index (χ2v) is 10.3. The highest BCUT2D eigenvalue weighted by Crippen LogP contribution is 2.32. The van der Waals surface area contributed by atoms with Gasteiger partial charge >= 0.3 is 18.2 Å². The number of hydrogen-bond donors (Lipinski definition) is 1. The third kappa shape index (κ3) is 8.81. The maximum Gasteiger partial charge on any atom is 0.416 e. The van der Waals surface area contributed by atoms with E-state index < -0.39 is 41.5 Å². The molecule has 4 atom stereocenters. The van der Waals surface area contributed by atoms with Crippen LogP contribution in [0.25, 0.3) is 0 Å². The molecule has 0 aromatic heterocycles. The van der Waals surface area contributed by atoms with E-state index >= 15 is 0 Å². The summed E-state index contributed by atoms with van der Waals surface area (Å²) in [4.78, 5) is 25.0. The van der Waals surface area contributed by atoms with Gasteiger partial charge in [-0.3, -0.25) is 0 Å². The lowest BCUT2D eigenvalue weighted by Crippen LogP contribution is -2.47. The van der Waals surface area contributed by atoms with E-state index in [1.165, 1.54) is 12.1 Å². The highest BCUT2D eigenvalue weighted by Gasteiger charge is 2.36. The normalized spacial score (nSPS) is 24.6. The van der Waals surface area contributed by atoms with E-state index in [1.54, 1.807) is 27.7 Å². The van der Waals surface area contributed by atoms with Gasteiger partial charge in [0.2, 0.25) is 0 Å². The van der Waals surface area contributed by atoms with Crippen LogP contribution >= 0.6 is 0 Å². The first-order valence-electron chi connectivity index (χ1n) is 11.6. The van der Waals surface area contributed by atoms with Crippen LogP contribution in [0.4, 0.5) is 18.0 Å². The van der Waals surface area contributed by atoms with Crippen molar-refractivity contribution in [1.82, 2.24) is 5.32 Å². The van der Waals surface area contributed by atoms with Gasteiger partial charge in [0.25, 0.3) is 0 Å². The summed E-state index contributed by atoms with van der Waals surface area (Å²) in [6.07, 6.45) is -4.39. The molecule has 0 unspecified atom stereocenters. The van der Waals surface area contributed by atoms with Gasteiger partial charge < -0.3 is 19.5 Å². The molecular weight excluding hydrogens is 451 g/mol. The first-order chi connectivity index (χ1) is 15.7. The Hall–Kier alpha value is -2.29. The van der Waals surface area contributed by atoms with Gasteiger partial charge in [-0.1, -0.05) is 26.0 Å². The lowest BCUT2D eigenvalue weighted by atomic mass is 9.79. The zero-order valence-corrected chi connectivity index (χ0v) is 20.7. The standard InChI is InChI=1S/C25H36F3NO5/c1-15(2)11-20-16(3)33-22(30)21(29-23(31)34-24(4,5)6)14-32-13-18(20)12-17-7-9-19(10-8-17)25(26,27)28/h7-10,15-16,18,20-21H,11-14H2,1-6H3,(H,29,31)/t16-,18-,20-,21-/m0/s1. The molecule has 1 heterocycles. The molecule has 0 bridgehead atoms. The quantitative estimate of drug-likeness (QED) is 0.565. The van der Waals surface area contributed by atoms with Crippen LogP contribution in [0.15, 0.2) is 24.3 Å². The zero-order valence-electron chi connectivity index (χ0n) is 20.7. The number of hydrogen-bond acceptors (Lipinski definition) is 5. The molecule has 2 rings (SSSR count). The summed E-state index contributed by atoms with van der Waals surface area (Å²) < 4.78 is 55.6. The van der Waals surface area contributed by atoms with E-state index in [0.717, 1.165) is 24.1 Å². The molecule has 0 spiro atoms. The molecule has 1 fully saturated rings. The smallest absolute Gasteiger partial charge is 0.416 e. The van der Waals surface area contributed by atoms with Gasteiger partial charge in [-0.05, 0) is 70.1 Å². The second kappa shape index (κ2) is 11.4. The molecule has 0 saturated carbocycles. The van der Waals surface area contributed by atoms with Crippen molar-refractivity contribution in [3.05, 3.63) is 35.4 Å². The third-order valence-corrected chi connectivity index (χ3v) is 5.63. The summed E-state index contributed by atoms with van der Waals surface area (Å²) >= 11 is 0. The lowest BCUT2D eigenvalue weighted by Gasteiger charge is -2.32. The highest BCUT2D eigenvalue weighted by atomic mass is 19.4. The predicted octanol–water partition coefficient (Wildman–Crippen LogP) is 5.38. The number of amides is 1. The van der Waals surface area contributed by atoms with Gasteiger partial charge in [-0.15, -0.1) is 0 Å². The van der Waals surface area contributed by atoms with Crippen LogP contribution in [0.5, 0.6) is 0 Å². The number of alkyl halides is 3. The van der Waals surface area contributed by atoms with E-state index in [4.69, 9.17) is 14.2 Å². The van der Waals surface area contributed by atoms with Crippen molar-refractivity contribution in [1.29, 1.82) is 0 Å². The molecule has 1 amide bonds. The van der Waals surface area contributed by atoms with Gasteiger partial charge in [0.15, 0.2) is 6.04 Å². The van der Waals surface area contributed by atoms with Crippen LogP contribution < -0.4 is 5.32 Å². The summed E-state index contributed by atoms with van der Waals surface area (Å²) in [5.74, 6) is -0.478. The topological polar surface area (TPSA) is 73.9 Å². The van der Waals surface area contributed by atoms with E-state index in [9.17, 15) is 22.8 Å². The summed E-state index contributed by atoms with van der Waals surface area (Å²) in [6.45, 7) is 11.3. The van der Waals surface area contributed by atoms with Crippen molar-refractivity contribution in [2.24, 2.45) is 17.8 Å². The molecule has 1 aromatic rings. The van der Waals surface area contributed by atoms with Gasteiger partial charge in [-0.25, -0.2) is 9.59 Å². The van der Waals surface area contributed by atoms with E-state index in [-0.39, 0.29) is 25.0 Å². The Morgan fingerprint density at radius 3 is 2.29 bits per heavy atom. The zero-order chi connectivity index (χ0) is 25.7. The minimum absolute atomic E-state index is 0.0773. The SMILES string of the molecule is CC(C)C[C@@H]1[C@@H](Cc2ccc(C(F)(F)F)cc2)COC[C@H](NC(=O)OC(C)(C)C)C(=O)O[C@H]1C. The molecule has 1 aliphatic rings. The number of rotatable bonds is 5. The average molecular weight is 488 g/mol. The number of alkyl carbamates (subject to hydrolysis) is 1. The summed E-state index contributed by atoms with van der Waals surface area (Å²) in [5.41, 5.74) is -0.675. The fourth-order valence-electron chi connectivity index (χ4n) is 4.09. The lowest BCUT2D eigenvalue weighted by molar-refractivity contribution is -0.154. The van der Waals surface area contributed by atoms with Crippen molar-refractivity contribution >= 4 is 12.1 Å². The number of benzene rings is 1. The van der Waals surface area contributed by atoms with Crippen molar-refractivity contribution in [2.75, 3.05) is 13.2 Å². The van der Waals surface area contributed by atoms with Gasteiger partial charge in [0.05, 0.1) is 18.8 Å². The monoisotopic (exact) mass is 487 g/mol. The number of carbonyl (C=O) groups is 2. The van der Waals surface area contributed by atoms with Crippen LogP contribution in [-0.4, -0.2) is 43.0 Å². The molecule has 34 heavy (non-hydrogen) atoms. The number of esters is 1. The van der Waals surface area contributed by atoms with E-state index in [0.29, 0.717) is 12.3 Å². The fraction of sp³-hybridized carbons (Fsp3) is 0.680. The van der Waals surface area contributed by atoms with Crippen molar-refractivity contribution in [2.45, 2.75) is 78.3 Å². The first kappa shape index (κ1) is 28.0. The minimum Gasteiger partial charge on any atom is -0.461 e. The molecule has 6 nitrogen and oxygen atoms in total. The first-order valence-corrected chi connectivity index (χ1v) is 11.6. The van der Waals surface area contributed by atoms with Crippen LogP contribution in [0.2, 0.25) is 0 Å². The number of ether oxygens (including phenoxy) is 3. The Balaban J connectivity index is 2.19. The maximum absolute atomic E-state index is 12.9. The number of cyclic esters (lactones) is 1. The van der Waals surface area contributed by atoms with Gasteiger partial charge in [-0.2, -0.15) is 13.2 Å². The van der Waals surface area contributed by atoms with Gasteiger partial charge in [0, 0.05) is 5.92 Å². The molecule has 0 aliphatic carbocycles. The van der Waals surface area contributed by atoms with Crippen LogP contribution in [0.3, 0.4) is 0 Å². The Kier molecular flexibility index (Phi) is 9.39. The molecule has 1 aliphatic heterocycles. The van der Waals surface area contributed by atoms with E-state index in [2.05, 4.69) is 19.2 Å². The Bertz CT molecular complexity index is 817. The molecule has 0 radical (unpaired) electrons. The molecule has 1 N–H and O–H groups in total. The molecular formula is C25H36F3NO5. The Morgan fingerprint density at radius 1 is 1.15 bits per heavy atom. The summed E-state index contributed by atoms with van der Waals surface area (Å²) in [7, 11) is 0. The molecule has 1 aromatic carbocycles. The predicted molar refractivity (Wildman–Crippen MR) is 121 cm³/mol. The minimum atomic E-state index is -4.39. The Labute approximate surface area is 199 Å². The number of nitrogens with one attached hydrogen (secondary N) is 1. The summed E-state index contributed by atoms with van der Waals surface area (Å²) in [6, 6.07) is 4.08. The van der Waals surface area contributed by atoms with Crippen molar-refractivity contribution in [3.8, 4) is 0 Å². The maximum atomic E-state index is 12.9. The highest BCUT2D eigenvalue weighted by molar-refractivity contribution is 5.81. The molecule has 9 heteroatoms. The third-order valence-electron chi connectivity index (χ3n) is 5.63. The fourth-order valence-corrected chi connectivity index (χ4v) is 4.09. The van der Waals surface area contributed by atoms with Gasteiger partial charge in [0.1, 0.15) is 11.7 Å². The van der Waals surface area contributed by atoms with Crippen LogP contribution in [-0.2, 0) is 31.6 Å². The van der Waals surface area contributed by atoms with Crippen molar-refractivity contribution in [3.63, 3.8) is 0 Å². The van der Waals surface area contributed by atoms with Crippen molar-refractivity contribution < 1.29 is 37.0 Å². The molecule has 1 saturated heterocycles. The van der Waals surface area contributed by atoms with E-state index in [1.807, 2.05) is 0 Å². The van der Waals surface area contributed by atoms with Crippen LogP contribution in [0.1, 0.15) is 59.1 Å². The average Bonchev–Trinajstić information content (AvgIpc) is 2.72.